The van der Waals surface area contributed by atoms with Gasteiger partial charge in [0.15, 0.2) is 17.3 Å². The van der Waals surface area contributed by atoms with Crippen LogP contribution in [0.25, 0.3) is 5.65 Å². The summed E-state index contributed by atoms with van der Waals surface area (Å²) in [5.41, 5.74) is 3.15. The topological polar surface area (TPSA) is 112 Å². The number of nitrogens with two attached hydrogens (primary N) is 1. The molecule has 96 valence electrons. The minimum atomic E-state index is -0.767. The van der Waals surface area contributed by atoms with Crippen molar-refractivity contribution in [1.82, 2.24) is 14.4 Å². The predicted octanol–water partition coefficient (Wildman–Crippen LogP) is -1.44. The Kier molecular flexibility index (Phi) is 2.54. The summed E-state index contributed by atoms with van der Waals surface area (Å²) in [6, 6.07) is 0. The lowest BCUT2D eigenvalue weighted by molar-refractivity contribution is 0.0572. The van der Waals surface area contributed by atoms with Crippen molar-refractivity contribution in [1.29, 1.82) is 0 Å². The SMILES string of the molecule is NNc1cn2ccnc2c(N2CC(O)C(O)C2)n1. The van der Waals surface area contributed by atoms with E-state index < -0.39 is 12.2 Å². The van der Waals surface area contributed by atoms with Crippen LogP contribution in [0.5, 0.6) is 0 Å². The number of anilines is 2. The Labute approximate surface area is 103 Å². The lowest BCUT2D eigenvalue weighted by atomic mass is 10.3. The molecule has 2 unspecified atom stereocenters. The van der Waals surface area contributed by atoms with Gasteiger partial charge in [0.1, 0.15) is 0 Å². The van der Waals surface area contributed by atoms with Gasteiger partial charge in [-0.15, -0.1) is 0 Å². The van der Waals surface area contributed by atoms with Crippen LogP contribution in [0, 0.1) is 0 Å². The van der Waals surface area contributed by atoms with E-state index in [1.165, 1.54) is 0 Å². The van der Waals surface area contributed by atoms with Crippen LogP contribution < -0.4 is 16.2 Å². The summed E-state index contributed by atoms with van der Waals surface area (Å²) < 4.78 is 1.79. The van der Waals surface area contributed by atoms with Crippen molar-refractivity contribution >= 4 is 17.3 Å². The number of nitrogens with one attached hydrogen (secondary N) is 1. The lowest BCUT2D eigenvalue weighted by Gasteiger charge is -2.17. The molecule has 0 amide bonds. The van der Waals surface area contributed by atoms with Gasteiger partial charge in [-0.2, -0.15) is 0 Å². The largest absolute Gasteiger partial charge is 0.389 e. The van der Waals surface area contributed by atoms with Crippen LogP contribution in [0.4, 0.5) is 11.6 Å². The highest BCUT2D eigenvalue weighted by Gasteiger charge is 2.31. The number of nitrogens with zero attached hydrogens (tertiary/aromatic N) is 4. The summed E-state index contributed by atoms with van der Waals surface area (Å²) >= 11 is 0. The number of aromatic nitrogens is 3. The number of β-amino-alcohol motifs (C(OH)–C–C–N with tert-alkyl or cyclic N) is 2. The van der Waals surface area contributed by atoms with Gasteiger partial charge in [0.05, 0.1) is 18.4 Å². The van der Waals surface area contributed by atoms with Crippen molar-refractivity contribution in [3.63, 3.8) is 0 Å². The van der Waals surface area contributed by atoms with Crippen LogP contribution in [0.15, 0.2) is 18.6 Å². The molecule has 0 aliphatic carbocycles. The highest BCUT2D eigenvalue weighted by molar-refractivity contribution is 5.67. The normalized spacial score (nSPS) is 23.8. The molecule has 2 atom stereocenters. The summed E-state index contributed by atoms with van der Waals surface area (Å²) in [6.45, 7) is 0.648. The summed E-state index contributed by atoms with van der Waals surface area (Å²) in [4.78, 5) is 10.3. The maximum atomic E-state index is 9.59. The Morgan fingerprint density at radius 3 is 2.72 bits per heavy atom. The average Bonchev–Trinajstić information content (AvgIpc) is 2.95. The first-order chi connectivity index (χ1) is 8.69. The molecule has 8 heteroatoms. The van der Waals surface area contributed by atoms with Crippen LogP contribution >= 0.6 is 0 Å². The molecule has 18 heavy (non-hydrogen) atoms. The van der Waals surface area contributed by atoms with E-state index in [0.717, 1.165) is 0 Å². The molecule has 1 saturated heterocycles. The fourth-order valence-corrected chi connectivity index (χ4v) is 2.14. The van der Waals surface area contributed by atoms with Gasteiger partial charge in [0.2, 0.25) is 0 Å². The number of aliphatic hydroxyl groups excluding tert-OH is 2. The Balaban J connectivity index is 2.07. The molecule has 2 aromatic heterocycles. The second-order valence-electron chi connectivity index (χ2n) is 4.29. The Bertz CT molecular complexity index is 560. The van der Waals surface area contributed by atoms with E-state index in [0.29, 0.717) is 30.4 Å². The fraction of sp³-hybridized carbons (Fsp3) is 0.400. The lowest BCUT2D eigenvalue weighted by Crippen LogP contribution is -2.24. The third kappa shape index (κ3) is 1.67. The highest BCUT2D eigenvalue weighted by Crippen LogP contribution is 2.24. The van der Waals surface area contributed by atoms with Gasteiger partial charge in [0, 0.05) is 25.5 Å². The second kappa shape index (κ2) is 4.09. The van der Waals surface area contributed by atoms with Gasteiger partial charge in [0.25, 0.3) is 0 Å². The maximum absolute atomic E-state index is 9.59. The molecule has 0 bridgehead atoms. The summed E-state index contributed by atoms with van der Waals surface area (Å²) in [5, 5.41) is 19.2. The van der Waals surface area contributed by atoms with Crippen LogP contribution in [-0.4, -0.2) is 49.9 Å². The standard InChI is InChI=1S/C10H14N6O2/c11-14-8-5-15-2-1-12-9(15)10(13-8)16-3-6(17)7(18)4-16/h1-2,5-7,14,17-18H,3-4,11H2. The zero-order chi connectivity index (χ0) is 12.7. The van der Waals surface area contributed by atoms with E-state index in [1.54, 1.807) is 27.9 Å². The van der Waals surface area contributed by atoms with Gasteiger partial charge >= 0.3 is 0 Å². The number of aliphatic hydroxyl groups is 2. The molecule has 1 fully saturated rings. The third-order valence-corrected chi connectivity index (χ3v) is 3.06. The zero-order valence-electron chi connectivity index (χ0n) is 9.56. The van der Waals surface area contributed by atoms with Crippen molar-refractivity contribution in [3.05, 3.63) is 18.6 Å². The smallest absolute Gasteiger partial charge is 0.180 e. The molecule has 3 rings (SSSR count). The first-order valence-electron chi connectivity index (χ1n) is 5.60. The van der Waals surface area contributed by atoms with E-state index >= 15 is 0 Å². The number of imidazole rings is 1. The molecule has 0 radical (unpaired) electrons. The second-order valence-corrected chi connectivity index (χ2v) is 4.29. The Hall–Kier alpha value is -1.90. The number of rotatable bonds is 2. The number of nitrogen functional groups attached to an aromatic ring is 1. The molecular weight excluding hydrogens is 236 g/mol. The predicted molar refractivity (Wildman–Crippen MR) is 65.0 cm³/mol. The Morgan fingerprint density at radius 2 is 2.06 bits per heavy atom. The average molecular weight is 250 g/mol. The van der Waals surface area contributed by atoms with Crippen molar-refractivity contribution in [2.24, 2.45) is 5.84 Å². The van der Waals surface area contributed by atoms with Crippen molar-refractivity contribution in [3.8, 4) is 0 Å². The Morgan fingerprint density at radius 1 is 1.33 bits per heavy atom. The minimum Gasteiger partial charge on any atom is -0.389 e. The number of fused-ring (bicyclic) bond motifs is 1. The molecule has 8 nitrogen and oxygen atoms in total. The van der Waals surface area contributed by atoms with E-state index in [2.05, 4.69) is 15.4 Å². The molecule has 3 heterocycles. The first-order valence-corrected chi connectivity index (χ1v) is 5.60. The maximum Gasteiger partial charge on any atom is 0.180 e. The van der Waals surface area contributed by atoms with E-state index in [9.17, 15) is 10.2 Å². The highest BCUT2D eigenvalue weighted by atomic mass is 16.3. The molecule has 1 aliphatic heterocycles. The third-order valence-electron chi connectivity index (χ3n) is 3.06. The van der Waals surface area contributed by atoms with Crippen molar-refractivity contribution < 1.29 is 10.2 Å². The molecular formula is C10H14N6O2. The van der Waals surface area contributed by atoms with Crippen LogP contribution in [-0.2, 0) is 0 Å². The quantitative estimate of drug-likeness (QED) is 0.381. The first kappa shape index (κ1) is 11.2. The molecule has 0 spiro atoms. The van der Waals surface area contributed by atoms with Gasteiger partial charge in [-0.05, 0) is 0 Å². The molecule has 1 aliphatic rings. The summed E-state index contributed by atoms with van der Waals surface area (Å²) in [7, 11) is 0. The zero-order valence-corrected chi connectivity index (χ0v) is 9.56. The van der Waals surface area contributed by atoms with Gasteiger partial charge in [-0.1, -0.05) is 0 Å². The summed E-state index contributed by atoms with van der Waals surface area (Å²) in [5.74, 6) is 6.45. The van der Waals surface area contributed by atoms with E-state index in [-0.39, 0.29) is 0 Å². The summed E-state index contributed by atoms with van der Waals surface area (Å²) in [6.07, 6.45) is 3.62. The van der Waals surface area contributed by atoms with Crippen LogP contribution in [0.2, 0.25) is 0 Å². The van der Waals surface area contributed by atoms with Gasteiger partial charge < -0.3 is 24.9 Å². The van der Waals surface area contributed by atoms with Gasteiger partial charge in [-0.3, -0.25) is 0 Å². The van der Waals surface area contributed by atoms with Gasteiger partial charge in [-0.25, -0.2) is 15.8 Å². The fourth-order valence-electron chi connectivity index (χ4n) is 2.14. The van der Waals surface area contributed by atoms with Crippen molar-refractivity contribution in [2.45, 2.75) is 12.2 Å². The van der Waals surface area contributed by atoms with E-state index in [4.69, 9.17) is 5.84 Å². The molecule has 0 aromatic carbocycles. The number of hydrazine groups is 1. The molecule has 0 saturated carbocycles. The van der Waals surface area contributed by atoms with Crippen LogP contribution in [0.1, 0.15) is 0 Å². The van der Waals surface area contributed by atoms with Crippen molar-refractivity contribution in [2.75, 3.05) is 23.4 Å². The number of hydrogen-bond donors (Lipinski definition) is 4. The van der Waals surface area contributed by atoms with E-state index in [1.807, 2.05) is 0 Å². The molecule has 5 N–H and O–H groups in total. The number of hydrogen-bond acceptors (Lipinski definition) is 7. The molecule has 2 aromatic rings. The minimum absolute atomic E-state index is 0.324. The van der Waals surface area contributed by atoms with Crippen LogP contribution in [0.3, 0.4) is 0 Å². The monoisotopic (exact) mass is 250 g/mol.